The van der Waals surface area contributed by atoms with Gasteiger partial charge in [0, 0.05) is 71.7 Å². The van der Waals surface area contributed by atoms with E-state index in [4.69, 9.17) is 4.74 Å². The van der Waals surface area contributed by atoms with Crippen molar-refractivity contribution in [1.29, 1.82) is 0 Å². The van der Waals surface area contributed by atoms with Crippen molar-refractivity contribution in [2.45, 2.75) is 25.9 Å². The van der Waals surface area contributed by atoms with E-state index in [9.17, 15) is 9.59 Å². The van der Waals surface area contributed by atoms with E-state index in [1.54, 1.807) is 24.8 Å². The molecule has 0 aliphatic carbocycles. The molecule has 2 rings (SSSR count). The Morgan fingerprint density at radius 3 is 2.61 bits per heavy atom. The number of nitrogens with zero attached hydrogens (tertiary/aromatic N) is 4. The number of methoxy groups -OCH3 is 1. The van der Waals surface area contributed by atoms with Crippen LogP contribution in [-0.4, -0.2) is 64.9 Å². The normalized spacial score (nSPS) is 20.1. The van der Waals surface area contributed by atoms with Crippen LogP contribution in [0.15, 0.2) is 15.7 Å². The van der Waals surface area contributed by atoms with Crippen molar-refractivity contribution in [3.05, 3.63) is 32.6 Å². The molecule has 0 saturated carbocycles. The van der Waals surface area contributed by atoms with Crippen LogP contribution < -0.4 is 11.2 Å². The minimum atomic E-state index is -0.265. The molecule has 7 heteroatoms. The summed E-state index contributed by atoms with van der Waals surface area (Å²) in [5.74, 6) is 0. The maximum Gasteiger partial charge on any atom is 0.330 e. The lowest BCUT2D eigenvalue weighted by atomic mass is 10.1. The Hall–Kier alpha value is -1.44. The molecule has 1 atom stereocenters. The van der Waals surface area contributed by atoms with Gasteiger partial charge in [-0.2, -0.15) is 0 Å². The highest BCUT2D eigenvalue weighted by Gasteiger charge is 2.25. The van der Waals surface area contributed by atoms with E-state index in [2.05, 4.69) is 16.7 Å². The van der Waals surface area contributed by atoms with Gasteiger partial charge in [0.25, 0.3) is 5.56 Å². The van der Waals surface area contributed by atoms with Crippen molar-refractivity contribution < 1.29 is 4.74 Å². The van der Waals surface area contributed by atoms with E-state index in [1.165, 1.54) is 7.05 Å². The molecule has 0 radical (unpaired) electrons. The Bertz CT molecular complexity index is 637. The standard InChI is InChI=1S/C16H28N4O3/c1-5-13-11-19(6-7-20(13)8-9-23-4)12-14-10-15(21)18(3)16(22)17(14)2/h10,13H,5-9,11-12H2,1-4H3/t13-/m0/s1. The third-order valence-electron chi connectivity index (χ3n) is 4.75. The van der Waals surface area contributed by atoms with Gasteiger partial charge in [0.05, 0.1) is 6.61 Å². The summed E-state index contributed by atoms with van der Waals surface area (Å²) in [6, 6.07) is 2.06. The average molecular weight is 324 g/mol. The quantitative estimate of drug-likeness (QED) is 0.714. The summed E-state index contributed by atoms with van der Waals surface area (Å²) in [6.07, 6.45) is 1.08. The molecule has 1 saturated heterocycles. The molecule has 0 N–H and O–H groups in total. The smallest absolute Gasteiger partial charge is 0.330 e. The van der Waals surface area contributed by atoms with Gasteiger partial charge < -0.3 is 4.74 Å². The molecule has 1 fully saturated rings. The van der Waals surface area contributed by atoms with Crippen molar-refractivity contribution in [2.75, 3.05) is 39.9 Å². The third-order valence-corrected chi connectivity index (χ3v) is 4.75. The summed E-state index contributed by atoms with van der Waals surface area (Å²) < 4.78 is 7.89. The lowest BCUT2D eigenvalue weighted by molar-refractivity contribution is 0.0455. The number of hydrogen-bond acceptors (Lipinski definition) is 5. The maximum atomic E-state index is 12.0. The molecule has 0 spiro atoms. The molecule has 1 aromatic rings. The highest BCUT2D eigenvalue weighted by atomic mass is 16.5. The van der Waals surface area contributed by atoms with Crippen LogP contribution in [0.2, 0.25) is 0 Å². The van der Waals surface area contributed by atoms with Crippen molar-refractivity contribution in [3.8, 4) is 0 Å². The fourth-order valence-electron chi connectivity index (χ4n) is 3.15. The van der Waals surface area contributed by atoms with Gasteiger partial charge in [-0.15, -0.1) is 0 Å². The van der Waals surface area contributed by atoms with Crippen molar-refractivity contribution >= 4 is 0 Å². The van der Waals surface area contributed by atoms with Gasteiger partial charge in [-0.3, -0.25) is 23.7 Å². The Morgan fingerprint density at radius 1 is 1.22 bits per heavy atom. The predicted octanol–water partition coefficient (Wildman–Crippen LogP) is -0.373. The summed E-state index contributed by atoms with van der Waals surface area (Å²) in [5, 5.41) is 0. The molecule has 0 aromatic carbocycles. The first-order valence-corrected chi connectivity index (χ1v) is 8.19. The van der Waals surface area contributed by atoms with Crippen molar-refractivity contribution in [3.63, 3.8) is 0 Å². The molecular formula is C16H28N4O3. The molecule has 1 aliphatic rings. The first kappa shape index (κ1) is 17.9. The lowest BCUT2D eigenvalue weighted by Gasteiger charge is -2.41. The van der Waals surface area contributed by atoms with Crippen molar-refractivity contribution in [1.82, 2.24) is 18.9 Å². The monoisotopic (exact) mass is 324 g/mol. The first-order chi connectivity index (χ1) is 11.0. The van der Waals surface area contributed by atoms with Crippen LogP contribution in [0.4, 0.5) is 0 Å². The van der Waals surface area contributed by atoms with Crippen LogP contribution in [0, 0.1) is 0 Å². The zero-order chi connectivity index (χ0) is 17.0. The highest BCUT2D eigenvalue weighted by molar-refractivity contribution is 5.02. The molecule has 7 nitrogen and oxygen atoms in total. The molecular weight excluding hydrogens is 296 g/mol. The second kappa shape index (κ2) is 7.90. The highest BCUT2D eigenvalue weighted by Crippen LogP contribution is 2.14. The van der Waals surface area contributed by atoms with Gasteiger partial charge >= 0.3 is 5.69 Å². The van der Waals surface area contributed by atoms with Crippen LogP contribution in [0.1, 0.15) is 19.0 Å². The van der Waals surface area contributed by atoms with E-state index in [1.807, 2.05) is 0 Å². The fraction of sp³-hybridized carbons (Fsp3) is 0.750. The topological polar surface area (TPSA) is 59.7 Å². The van der Waals surface area contributed by atoms with E-state index in [0.29, 0.717) is 12.6 Å². The summed E-state index contributed by atoms with van der Waals surface area (Å²) in [4.78, 5) is 28.7. The van der Waals surface area contributed by atoms with Crippen LogP contribution in [0.5, 0.6) is 0 Å². The molecule has 1 aliphatic heterocycles. The molecule has 0 amide bonds. The molecule has 0 bridgehead atoms. The average Bonchev–Trinajstić information content (AvgIpc) is 2.56. The fourth-order valence-corrected chi connectivity index (χ4v) is 3.15. The zero-order valence-electron chi connectivity index (χ0n) is 14.6. The van der Waals surface area contributed by atoms with Gasteiger partial charge in [-0.1, -0.05) is 6.92 Å². The third kappa shape index (κ3) is 4.10. The number of ether oxygens (including phenoxy) is 1. The number of piperazine rings is 1. The van der Waals surface area contributed by atoms with Gasteiger partial charge in [0.1, 0.15) is 0 Å². The molecule has 0 unspecified atom stereocenters. The second-order valence-electron chi connectivity index (χ2n) is 6.20. The Kier molecular flexibility index (Phi) is 6.15. The minimum Gasteiger partial charge on any atom is -0.383 e. The molecule has 1 aromatic heterocycles. The number of hydrogen-bond donors (Lipinski definition) is 0. The Morgan fingerprint density at radius 2 is 1.96 bits per heavy atom. The van der Waals surface area contributed by atoms with E-state index < -0.39 is 0 Å². The molecule has 23 heavy (non-hydrogen) atoms. The van der Waals surface area contributed by atoms with Gasteiger partial charge in [0.2, 0.25) is 0 Å². The molecule has 130 valence electrons. The van der Waals surface area contributed by atoms with Crippen LogP contribution in [-0.2, 0) is 25.4 Å². The number of rotatable bonds is 6. The Labute approximate surface area is 137 Å². The summed E-state index contributed by atoms with van der Waals surface area (Å²) in [6.45, 7) is 7.40. The second-order valence-corrected chi connectivity index (χ2v) is 6.20. The number of aromatic nitrogens is 2. The maximum absolute atomic E-state index is 12.0. The van der Waals surface area contributed by atoms with Gasteiger partial charge in [-0.05, 0) is 6.42 Å². The summed E-state index contributed by atoms with van der Waals surface area (Å²) >= 11 is 0. The lowest BCUT2D eigenvalue weighted by Crippen LogP contribution is -2.53. The van der Waals surface area contributed by atoms with Gasteiger partial charge in [-0.25, -0.2) is 4.79 Å². The largest absolute Gasteiger partial charge is 0.383 e. The van der Waals surface area contributed by atoms with E-state index >= 15 is 0 Å². The SMILES string of the molecule is CC[C@H]1CN(Cc2cc(=O)n(C)c(=O)n2C)CCN1CCOC. The van der Waals surface area contributed by atoms with Gasteiger partial charge in [0.15, 0.2) is 0 Å². The van der Waals surface area contributed by atoms with Crippen LogP contribution in [0.25, 0.3) is 0 Å². The van der Waals surface area contributed by atoms with Crippen LogP contribution in [0.3, 0.4) is 0 Å². The zero-order valence-corrected chi connectivity index (χ0v) is 14.6. The van der Waals surface area contributed by atoms with Crippen molar-refractivity contribution in [2.24, 2.45) is 14.1 Å². The Balaban J connectivity index is 2.08. The summed E-state index contributed by atoms with van der Waals surface area (Å²) in [5.41, 5.74) is 0.269. The van der Waals surface area contributed by atoms with E-state index in [-0.39, 0.29) is 11.2 Å². The molecule has 2 heterocycles. The predicted molar refractivity (Wildman–Crippen MR) is 89.7 cm³/mol. The minimum absolute atomic E-state index is 0.242. The first-order valence-electron chi connectivity index (χ1n) is 8.19. The summed E-state index contributed by atoms with van der Waals surface area (Å²) in [7, 11) is 4.97. The van der Waals surface area contributed by atoms with Crippen LogP contribution >= 0.6 is 0 Å². The van der Waals surface area contributed by atoms with E-state index in [0.717, 1.165) is 49.5 Å².